The zero-order valence-corrected chi connectivity index (χ0v) is 11.1. The van der Waals surface area contributed by atoms with Gasteiger partial charge in [-0.3, -0.25) is 9.59 Å². The Morgan fingerprint density at radius 2 is 2.16 bits per heavy atom. The van der Waals surface area contributed by atoms with Gasteiger partial charge in [0.25, 0.3) is 5.91 Å². The lowest BCUT2D eigenvalue weighted by Crippen LogP contribution is -2.25. The molecule has 0 aromatic carbocycles. The van der Waals surface area contributed by atoms with E-state index in [0.29, 0.717) is 37.4 Å². The fourth-order valence-corrected chi connectivity index (χ4v) is 1.41. The first kappa shape index (κ1) is 14.9. The van der Waals surface area contributed by atoms with Crippen molar-refractivity contribution in [1.82, 2.24) is 10.3 Å². The highest BCUT2D eigenvalue weighted by molar-refractivity contribution is 5.93. The Balaban J connectivity index is 2.29. The van der Waals surface area contributed by atoms with Crippen LogP contribution in [0.15, 0.2) is 18.3 Å². The molecule has 0 fully saturated rings. The van der Waals surface area contributed by atoms with Crippen LogP contribution in [0, 0.1) is 0 Å². The zero-order chi connectivity index (χ0) is 14.1. The number of hydrogen-bond donors (Lipinski definition) is 1. The van der Waals surface area contributed by atoms with Crippen LogP contribution in [0.2, 0.25) is 0 Å². The summed E-state index contributed by atoms with van der Waals surface area (Å²) in [5, 5.41) is 2.71. The number of amides is 1. The Morgan fingerprint density at radius 3 is 2.74 bits per heavy atom. The smallest absolute Gasteiger partial charge is 0.305 e. The summed E-state index contributed by atoms with van der Waals surface area (Å²) in [4.78, 5) is 26.7. The average molecular weight is 266 g/mol. The van der Waals surface area contributed by atoms with Crippen molar-refractivity contribution in [3.8, 4) is 5.88 Å². The normalized spacial score (nSPS) is 9.79. The lowest BCUT2D eigenvalue weighted by Gasteiger charge is -2.05. The van der Waals surface area contributed by atoms with E-state index in [4.69, 9.17) is 9.47 Å². The summed E-state index contributed by atoms with van der Waals surface area (Å²) >= 11 is 0. The second-order valence-corrected chi connectivity index (χ2v) is 3.75. The maximum atomic E-state index is 11.7. The molecule has 0 spiro atoms. The molecule has 104 valence electrons. The van der Waals surface area contributed by atoms with Crippen LogP contribution in [0.5, 0.6) is 5.88 Å². The number of esters is 1. The Hall–Kier alpha value is -2.11. The fraction of sp³-hybridized carbons (Fsp3) is 0.462. The van der Waals surface area contributed by atoms with Crippen LogP contribution in [0.1, 0.15) is 30.1 Å². The van der Waals surface area contributed by atoms with Crippen molar-refractivity contribution >= 4 is 11.9 Å². The number of methoxy groups -OCH3 is 1. The van der Waals surface area contributed by atoms with Crippen molar-refractivity contribution in [3.63, 3.8) is 0 Å². The molecule has 19 heavy (non-hydrogen) atoms. The summed E-state index contributed by atoms with van der Waals surface area (Å²) in [6, 6.07) is 3.25. The molecule has 0 atom stereocenters. The largest absolute Gasteiger partial charge is 0.481 e. The molecular weight excluding hydrogens is 248 g/mol. The highest BCUT2D eigenvalue weighted by Gasteiger charge is 2.06. The van der Waals surface area contributed by atoms with Gasteiger partial charge in [0.2, 0.25) is 5.88 Å². The molecule has 1 aromatic rings. The van der Waals surface area contributed by atoms with Crippen molar-refractivity contribution < 1.29 is 19.1 Å². The monoisotopic (exact) mass is 266 g/mol. The molecule has 0 aliphatic heterocycles. The summed E-state index contributed by atoms with van der Waals surface area (Å²) in [5.74, 6) is -0.0132. The van der Waals surface area contributed by atoms with Crippen LogP contribution in [-0.4, -0.2) is 37.1 Å². The fourth-order valence-electron chi connectivity index (χ4n) is 1.41. The minimum atomic E-state index is -0.247. The molecule has 0 unspecified atom stereocenters. The third-order valence-electron chi connectivity index (χ3n) is 2.36. The second kappa shape index (κ2) is 8.07. The number of hydrogen-bond acceptors (Lipinski definition) is 5. The molecule has 1 rings (SSSR count). The van der Waals surface area contributed by atoms with Gasteiger partial charge in [0.1, 0.15) is 0 Å². The van der Waals surface area contributed by atoms with E-state index in [1.165, 1.54) is 13.3 Å². The van der Waals surface area contributed by atoms with E-state index in [0.717, 1.165) is 0 Å². The Kier molecular flexibility index (Phi) is 6.35. The molecule has 0 saturated carbocycles. The van der Waals surface area contributed by atoms with Gasteiger partial charge in [-0.15, -0.1) is 0 Å². The molecule has 0 radical (unpaired) electrons. The summed E-state index contributed by atoms with van der Waals surface area (Å²) in [7, 11) is 1.51. The molecule has 6 heteroatoms. The lowest BCUT2D eigenvalue weighted by atomic mass is 10.2. The third kappa shape index (κ3) is 5.37. The number of carbonyl (C=O) groups is 2. The number of carbonyl (C=O) groups excluding carboxylic acids is 2. The maximum Gasteiger partial charge on any atom is 0.305 e. The van der Waals surface area contributed by atoms with E-state index in [1.807, 2.05) is 0 Å². The third-order valence-corrected chi connectivity index (χ3v) is 2.36. The van der Waals surface area contributed by atoms with Crippen molar-refractivity contribution in [1.29, 1.82) is 0 Å². The number of aromatic nitrogens is 1. The minimum absolute atomic E-state index is 0.223. The molecule has 1 aromatic heterocycles. The molecule has 0 saturated heterocycles. The zero-order valence-electron chi connectivity index (χ0n) is 11.1. The molecular formula is C13H18N2O4. The predicted molar refractivity (Wildman–Crippen MR) is 69.0 cm³/mol. The molecule has 1 heterocycles. The first-order chi connectivity index (χ1) is 9.17. The maximum absolute atomic E-state index is 11.7. The van der Waals surface area contributed by atoms with Crippen LogP contribution in [0.3, 0.4) is 0 Å². The number of ether oxygens (including phenoxy) is 2. The summed E-state index contributed by atoms with van der Waals surface area (Å²) < 4.78 is 9.69. The first-order valence-electron chi connectivity index (χ1n) is 6.11. The number of pyridine rings is 1. The van der Waals surface area contributed by atoms with Crippen molar-refractivity contribution in [2.45, 2.75) is 19.8 Å². The summed E-state index contributed by atoms with van der Waals surface area (Å²) in [6.45, 7) is 2.56. The molecule has 6 nitrogen and oxygen atoms in total. The number of nitrogens with zero attached hydrogens (tertiary/aromatic N) is 1. The Labute approximate surface area is 112 Å². The van der Waals surface area contributed by atoms with Gasteiger partial charge in [-0.1, -0.05) is 0 Å². The number of rotatable bonds is 7. The topological polar surface area (TPSA) is 77.5 Å². The summed E-state index contributed by atoms with van der Waals surface area (Å²) in [6.07, 6.45) is 2.29. The SMILES string of the molecule is CCOC(=O)CCCNC(=O)c1ccc(OC)nc1. The van der Waals surface area contributed by atoms with E-state index in [1.54, 1.807) is 19.1 Å². The van der Waals surface area contributed by atoms with E-state index < -0.39 is 0 Å². The minimum Gasteiger partial charge on any atom is -0.481 e. The average Bonchev–Trinajstić information content (AvgIpc) is 2.44. The van der Waals surface area contributed by atoms with Crippen LogP contribution < -0.4 is 10.1 Å². The van der Waals surface area contributed by atoms with Crippen molar-refractivity contribution in [2.75, 3.05) is 20.3 Å². The quantitative estimate of drug-likeness (QED) is 0.592. The van der Waals surface area contributed by atoms with E-state index in [-0.39, 0.29) is 11.9 Å². The molecule has 0 bridgehead atoms. The highest BCUT2D eigenvalue weighted by Crippen LogP contribution is 2.06. The van der Waals surface area contributed by atoms with Crippen molar-refractivity contribution in [3.05, 3.63) is 23.9 Å². The van der Waals surface area contributed by atoms with Gasteiger partial charge in [0.05, 0.1) is 19.3 Å². The molecule has 1 amide bonds. The molecule has 0 aliphatic carbocycles. The Bertz CT molecular complexity index is 417. The van der Waals surface area contributed by atoms with Gasteiger partial charge in [0, 0.05) is 25.2 Å². The van der Waals surface area contributed by atoms with Gasteiger partial charge >= 0.3 is 5.97 Å². The van der Waals surface area contributed by atoms with Crippen LogP contribution in [-0.2, 0) is 9.53 Å². The van der Waals surface area contributed by atoms with Gasteiger partial charge in [-0.05, 0) is 19.4 Å². The van der Waals surface area contributed by atoms with Crippen molar-refractivity contribution in [2.24, 2.45) is 0 Å². The van der Waals surface area contributed by atoms with Crippen LogP contribution in [0.25, 0.3) is 0 Å². The second-order valence-electron chi connectivity index (χ2n) is 3.75. The molecule has 1 N–H and O–H groups in total. The van der Waals surface area contributed by atoms with Gasteiger partial charge in [-0.25, -0.2) is 4.98 Å². The van der Waals surface area contributed by atoms with Crippen LogP contribution >= 0.6 is 0 Å². The molecule has 0 aliphatic rings. The van der Waals surface area contributed by atoms with E-state index in [9.17, 15) is 9.59 Å². The summed E-state index contributed by atoms with van der Waals surface area (Å²) in [5.41, 5.74) is 0.455. The number of nitrogens with one attached hydrogen (secondary N) is 1. The van der Waals surface area contributed by atoms with Crippen LogP contribution in [0.4, 0.5) is 0 Å². The lowest BCUT2D eigenvalue weighted by molar-refractivity contribution is -0.143. The van der Waals surface area contributed by atoms with E-state index >= 15 is 0 Å². The predicted octanol–water partition coefficient (Wildman–Crippen LogP) is 1.16. The van der Waals surface area contributed by atoms with Gasteiger partial charge in [0.15, 0.2) is 0 Å². The Morgan fingerprint density at radius 1 is 1.37 bits per heavy atom. The van der Waals surface area contributed by atoms with Gasteiger partial charge < -0.3 is 14.8 Å². The highest BCUT2D eigenvalue weighted by atomic mass is 16.5. The first-order valence-corrected chi connectivity index (χ1v) is 6.11. The van der Waals surface area contributed by atoms with E-state index in [2.05, 4.69) is 10.3 Å². The van der Waals surface area contributed by atoms with Gasteiger partial charge in [-0.2, -0.15) is 0 Å². The standard InChI is InChI=1S/C13H18N2O4/c1-3-19-12(16)5-4-8-14-13(17)10-6-7-11(18-2)15-9-10/h6-7,9H,3-5,8H2,1-2H3,(H,14,17).